The summed E-state index contributed by atoms with van der Waals surface area (Å²) in [5.41, 5.74) is 1.26. The molecule has 2 atom stereocenters. The third-order valence-electron chi connectivity index (χ3n) is 6.11. The van der Waals surface area contributed by atoms with Gasteiger partial charge in [0.25, 0.3) is 0 Å². The highest BCUT2D eigenvalue weighted by molar-refractivity contribution is 7.89. The Labute approximate surface area is 188 Å². The fourth-order valence-electron chi connectivity index (χ4n) is 4.39. The van der Waals surface area contributed by atoms with Gasteiger partial charge in [-0.25, -0.2) is 12.8 Å². The maximum atomic E-state index is 14.1. The van der Waals surface area contributed by atoms with E-state index in [0.29, 0.717) is 30.3 Å². The first-order valence-corrected chi connectivity index (χ1v) is 11.9. The monoisotopic (exact) mass is 465 g/mol. The van der Waals surface area contributed by atoms with Gasteiger partial charge in [-0.2, -0.15) is 9.37 Å². The van der Waals surface area contributed by atoms with Crippen LogP contribution in [0, 0.1) is 5.82 Å². The molecule has 2 saturated heterocycles. The number of benzene rings is 2. The molecule has 2 aliphatic rings. The van der Waals surface area contributed by atoms with Crippen LogP contribution in [0.15, 0.2) is 42.5 Å². The number of sulfonamides is 1. The number of piperazine rings is 1. The fraction of sp³-hybridized carbons (Fsp3) is 0.455. The molecule has 0 bridgehead atoms. The maximum absolute atomic E-state index is 14.1. The van der Waals surface area contributed by atoms with Crippen LogP contribution in [0.1, 0.15) is 11.6 Å². The second kappa shape index (κ2) is 9.22. The zero-order valence-corrected chi connectivity index (χ0v) is 19.2. The summed E-state index contributed by atoms with van der Waals surface area (Å²) < 4.78 is 53.5. The molecule has 0 saturated carbocycles. The number of hydroxylamine groups is 2. The second-order valence-electron chi connectivity index (χ2n) is 7.82. The minimum absolute atomic E-state index is 0.0609. The molecule has 2 aromatic rings. The van der Waals surface area contributed by atoms with Crippen LogP contribution < -0.4 is 14.4 Å². The van der Waals surface area contributed by atoms with Crippen LogP contribution in [0.3, 0.4) is 0 Å². The molecule has 2 aliphatic heterocycles. The third kappa shape index (κ3) is 4.15. The average Bonchev–Trinajstić information content (AvgIpc) is 3.21. The molecular formula is C22H28FN3O5S. The first-order chi connectivity index (χ1) is 15.4. The highest BCUT2D eigenvalue weighted by atomic mass is 32.2. The van der Waals surface area contributed by atoms with Crippen molar-refractivity contribution in [1.82, 2.24) is 9.37 Å². The number of ether oxygens (including phenoxy) is 2. The van der Waals surface area contributed by atoms with Gasteiger partial charge in [-0.3, -0.25) is 4.84 Å². The van der Waals surface area contributed by atoms with Crippen molar-refractivity contribution < 1.29 is 27.1 Å². The zero-order chi connectivity index (χ0) is 22.9. The second-order valence-corrected chi connectivity index (χ2v) is 9.97. The Balaban J connectivity index is 1.54. The molecule has 2 heterocycles. The van der Waals surface area contributed by atoms with Gasteiger partial charge in [-0.15, -0.1) is 0 Å². The Hall–Kier alpha value is -2.40. The molecule has 0 N–H and O–H groups in total. The van der Waals surface area contributed by atoms with Crippen molar-refractivity contribution >= 4 is 15.7 Å². The van der Waals surface area contributed by atoms with Crippen molar-refractivity contribution in [2.75, 3.05) is 59.0 Å². The molecule has 0 aliphatic carbocycles. The number of anilines is 1. The predicted molar refractivity (Wildman–Crippen MR) is 119 cm³/mol. The molecule has 0 aromatic heterocycles. The van der Waals surface area contributed by atoms with Gasteiger partial charge in [0, 0.05) is 33.2 Å². The van der Waals surface area contributed by atoms with E-state index in [1.54, 1.807) is 56.7 Å². The van der Waals surface area contributed by atoms with Crippen molar-refractivity contribution in [1.29, 1.82) is 0 Å². The first-order valence-electron chi connectivity index (χ1n) is 10.4. The average molecular weight is 466 g/mol. The summed E-state index contributed by atoms with van der Waals surface area (Å²) in [6.45, 7) is 1.48. The molecule has 32 heavy (non-hydrogen) atoms. The SMILES string of the molecule is COc1ccc(C2C(S(=O)(=O)N3CCN(c4ccccc4F)CC3)CON2C)cc1OC. The number of rotatable bonds is 6. The molecule has 2 aromatic carbocycles. The Morgan fingerprint density at radius 1 is 1.00 bits per heavy atom. The number of hydrogen-bond donors (Lipinski definition) is 0. The molecule has 0 amide bonds. The van der Waals surface area contributed by atoms with E-state index >= 15 is 0 Å². The summed E-state index contributed by atoms with van der Waals surface area (Å²) in [5, 5.41) is 0.810. The number of halogens is 1. The van der Waals surface area contributed by atoms with Crippen molar-refractivity contribution in [3.05, 3.63) is 53.8 Å². The van der Waals surface area contributed by atoms with Crippen LogP contribution in [0.5, 0.6) is 11.5 Å². The van der Waals surface area contributed by atoms with E-state index in [0.717, 1.165) is 5.56 Å². The summed E-state index contributed by atoms with van der Waals surface area (Å²) in [7, 11) is 1.15. The largest absolute Gasteiger partial charge is 0.493 e. The van der Waals surface area contributed by atoms with Gasteiger partial charge in [-0.1, -0.05) is 18.2 Å². The molecular weight excluding hydrogens is 437 g/mol. The van der Waals surface area contributed by atoms with Crippen molar-refractivity contribution in [3.63, 3.8) is 0 Å². The molecule has 0 spiro atoms. The molecule has 8 nitrogen and oxygen atoms in total. The van der Waals surface area contributed by atoms with Crippen LogP contribution >= 0.6 is 0 Å². The van der Waals surface area contributed by atoms with Crippen LogP contribution in [0.2, 0.25) is 0 Å². The van der Waals surface area contributed by atoms with E-state index in [4.69, 9.17) is 14.3 Å². The maximum Gasteiger partial charge on any atom is 0.221 e. The number of hydrogen-bond acceptors (Lipinski definition) is 7. The highest BCUT2D eigenvalue weighted by Gasteiger charge is 2.46. The summed E-state index contributed by atoms with van der Waals surface area (Å²) in [5.74, 6) is 0.796. The topological polar surface area (TPSA) is 71.6 Å². The van der Waals surface area contributed by atoms with Gasteiger partial charge in [0.15, 0.2) is 11.5 Å². The summed E-state index contributed by atoms with van der Waals surface area (Å²) in [4.78, 5) is 7.52. The molecule has 174 valence electrons. The lowest BCUT2D eigenvalue weighted by molar-refractivity contribution is -0.110. The van der Waals surface area contributed by atoms with Crippen LogP contribution in [0.25, 0.3) is 0 Å². The lowest BCUT2D eigenvalue weighted by atomic mass is 10.0. The molecule has 4 rings (SSSR count). The Kier molecular flexibility index (Phi) is 6.57. The van der Waals surface area contributed by atoms with E-state index in [9.17, 15) is 12.8 Å². The number of para-hydroxylation sites is 1. The fourth-order valence-corrected chi connectivity index (χ4v) is 6.33. The zero-order valence-electron chi connectivity index (χ0n) is 18.4. The highest BCUT2D eigenvalue weighted by Crippen LogP contribution is 2.39. The number of methoxy groups -OCH3 is 2. The lowest BCUT2D eigenvalue weighted by Crippen LogP contribution is -2.52. The van der Waals surface area contributed by atoms with E-state index in [1.165, 1.54) is 10.4 Å². The van der Waals surface area contributed by atoms with Gasteiger partial charge >= 0.3 is 0 Å². The van der Waals surface area contributed by atoms with E-state index in [-0.39, 0.29) is 25.5 Å². The van der Waals surface area contributed by atoms with Gasteiger partial charge in [0.05, 0.1) is 32.6 Å². The molecule has 10 heteroatoms. The Morgan fingerprint density at radius 3 is 2.34 bits per heavy atom. The van der Waals surface area contributed by atoms with E-state index in [2.05, 4.69) is 0 Å². The third-order valence-corrected chi connectivity index (χ3v) is 8.35. The van der Waals surface area contributed by atoms with Gasteiger partial charge < -0.3 is 14.4 Å². The van der Waals surface area contributed by atoms with Crippen molar-refractivity contribution in [2.45, 2.75) is 11.3 Å². The lowest BCUT2D eigenvalue weighted by Gasteiger charge is -2.37. The van der Waals surface area contributed by atoms with Crippen LogP contribution in [-0.2, 0) is 14.9 Å². The number of nitrogens with zero attached hydrogens (tertiary/aromatic N) is 3. The summed E-state index contributed by atoms with van der Waals surface area (Å²) >= 11 is 0. The molecule has 2 fully saturated rings. The van der Waals surface area contributed by atoms with Gasteiger partial charge in [0.2, 0.25) is 10.0 Å². The smallest absolute Gasteiger partial charge is 0.221 e. The van der Waals surface area contributed by atoms with Gasteiger partial charge in [0.1, 0.15) is 11.1 Å². The minimum atomic E-state index is -3.67. The quantitative estimate of drug-likeness (QED) is 0.648. The minimum Gasteiger partial charge on any atom is -0.493 e. The van der Waals surface area contributed by atoms with E-state index < -0.39 is 21.3 Å². The molecule has 2 unspecified atom stereocenters. The summed E-state index contributed by atoms with van der Waals surface area (Å²) in [6, 6.07) is 11.4. The molecule has 0 radical (unpaired) electrons. The van der Waals surface area contributed by atoms with E-state index in [1.807, 2.05) is 11.0 Å². The van der Waals surface area contributed by atoms with Crippen LogP contribution in [-0.4, -0.2) is 77.1 Å². The standard InChI is InChI=1S/C22H28FN3O5S/c1-24-22(16-8-9-19(29-2)20(14-16)30-3)21(15-31-24)32(27,28)26-12-10-25(11-13-26)18-7-5-4-6-17(18)23/h4-9,14,21-22H,10-13,15H2,1-3H3. The van der Waals surface area contributed by atoms with Crippen LogP contribution in [0.4, 0.5) is 10.1 Å². The van der Waals surface area contributed by atoms with Crippen molar-refractivity contribution in [2.24, 2.45) is 0 Å². The first kappa shape index (κ1) is 22.8. The predicted octanol–water partition coefficient (Wildman–Crippen LogP) is 2.28. The normalized spacial score (nSPS) is 22.8. The Morgan fingerprint density at radius 2 is 1.69 bits per heavy atom. The summed E-state index contributed by atoms with van der Waals surface area (Å²) in [6.07, 6.45) is 0. The van der Waals surface area contributed by atoms with Crippen molar-refractivity contribution in [3.8, 4) is 11.5 Å². The van der Waals surface area contributed by atoms with Gasteiger partial charge in [-0.05, 0) is 29.8 Å². The Bertz CT molecular complexity index is 1060.